The molecule has 0 bridgehead atoms. The highest BCUT2D eigenvalue weighted by Crippen LogP contribution is 2.36. The molecule has 1 heterocycles. The number of nitrogens with zero attached hydrogens (tertiary/aromatic N) is 1. The number of rotatable bonds is 3. The van der Waals surface area contributed by atoms with Crippen molar-refractivity contribution in [2.24, 2.45) is 5.41 Å². The number of aliphatic carboxylic acids is 1. The van der Waals surface area contributed by atoms with Crippen molar-refractivity contribution >= 4 is 21.9 Å². The zero-order chi connectivity index (χ0) is 14.9. The third-order valence-corrected chi connectivity index (χ3v) is 4.90. The minimum absolute atomic E-state index is 0.274. The number of carbonyl (C=O) groups is 1. The number of likely N-dealkylation sites (tertiary alicyclic amines) is 1. The van der Waals surface area contributed by atoms with Gasteiger partial charge in [0, 0.05) is 6.54 Å². The van der Waals surface area contributed by atoms with Gasteiger partial charge in [-0.2, -0.15) is 0 Å². The molecule has 1 aliphatic heterocycles. The smallest absolute Gasteiger partial charge is 0.321 e. The Bertz CT molecular complexity index is 519. The average molecular weight is 344 g/mol. The van der Waals surface area contributed by atoms with Crippen LogP contribution >= 0.6 is 15.9 Å². The summed E-state index contributed by atoms with van der Waals surface area (Å²) in [6.45, 7) is 5.14. The van der Waals surface area contributed by atoms with E-state index in [-0.39, 0.29) is 11.2 Å². The summed E-state index contributed by atoms with van der Waals surface area (Å²) in [5.74, 6) is -1.12. The Morgan fingerprint density at radius 3 is 2.90 bits per heavy atom. The van der Waals surface area contributed by atoms with Crippen molar-refractivity contribution in [1.29, 1.82) is 0 Å². The lowest BCUT2D eigenvalue weighted by Crippen LogP contribution is -2.53. The minimum atomic E-state index is -0.803. The standard InChI is InChI=1S/C15H19BrFNO2/c1-15(2)7-4-8-18(13(15)14(19)20)9-10-5-3-6-11(17)12(10)16/h3,5-6,13H,4,7-9H2,1-2H3,(H,19,20). The molecule has 1 aromatic rings. The summed E-state index contributed by atoms with van der Waals surface area (Å²) in [5, 5.41) is 9.52. The summed E-state index contributed by atoms with van der Waals surface area (Å²) in [6.07, 6.45) is 1.86. The molecule has 110 valence electrons. The Labute approximate surface area is 126 Å². The number of piperidine rings is 1. The lowest BCUT2D eigenvalue weighted by molar-refractivity contribution is -0.151. The minimum Gasteiger partial charge on any atom is -0.480 e. The Kier molecular flexibility index (Phi) is 4.49. The lowest BCUT2D eigenvalue weighted by Gasteiger charge is -2.44. The van der Waals surface area contributed by atoms with Crippen molar-refractivity contribution < 1.29 is 14.3 Å². The van der Waals surface area contributed by atoms with Gasteiger partial charge in [-0.15, -0.1) is 0 Å². The number of carboxylic acid groups (broad SMARTS) is 1. The Hall–Kier alpha value is -0.940. The fourth-order valence-corrected chi connectivity index (χ4v) is 3.44. The van der Waals surface area contributed by atoms with Crippen LogP contribution in [-0.4, -0.2) is 28.6 Å². The lowest BCUT2D eigenvalue weighted by atomic mass is 9.76. The van der Waals surface area contributed by atoms with E-state index >= 15 is 0 Å². The second-order valence-corrected chi connectivity index (χ2v) is 6.81. The average Bonchev–Trinajstić information content (AvgIpc) is 2.33. The fraction of sp³-hybridized carbons (Fsp3) is 0.533. The zero-order valence-electron chi connectivity index (χ0n) is 11.7. The van der Waals surface area contributed by atoms with Gasteiger partial charge in [-0.1, -0.05) is 26.0 Å². The third-order valence-electron chi connectivity index (χ3n) is 4.01. The summed E-state index contributed by atoms with van der Waals surface area (Å²) >= 11 is 3.24. The van der Waals surface area contributed by atoms with Gasteiger partial charge >= 0.3 is 5.97 Å². The van der Waals surface area contributed by atoms with E-state index in [4.69, 9.17) is 0 Å². The van der Waals surface area contributed by atoms with Gasteiger partial charge in [0.15, 0.2) is 0 Å². The molecule has 1 N–H and O–H groups in total. The zero-order valence-corrected chi connectivity index (χ0v) is 13.3. The first kappa shape index (κ1) is 15.4. The van der Waals surface area contributed by atoms with Crippen LogP contribution in [-0.2, 0) is 11.3 Å². The predicted molar refractivity (Wildman–Crippen MR) is 78.9 cm³/mol. The van der Waals surface area contributed by atoms with Gasteiger partial charge in [-0.25, -0.2) is 4.39 Å². The Balaban J connectivity index is 2.26. The van der Waals surface area contributed by atoms with Gasteiger partial charge in [-0.05, 0) is 52.4 Å². The Morgan fingerprint density at radius 1 is 1.55 bits per heavy atom. The van der Waals surface area contributed by atoms with E-state index in [1.165, 1.54) is 6.07 Å². The maximum Gasteiger partial charge on any atom is 0.321 e. The van der Waals surface area contributed by atoms with Crippen LogP contribution in [0.25, 0.3) is 0 Å². The highest BCUT2D eigenvalue weighted by atomic mass is 79.9. The van der Waals surface area contributed by atoms with E-state index in [2.05, 4.69) is 15.9 Å². The summed E-state index contributed by atoms with van der Waals surface area (Å²) in [5.41, 5.74) is 0.512. The molecular formula is C15H19BrFNO2. The normalized spacial score (nSPS) is 22.7. The topological polar surface area (TPSA) is 40.5 Å². The van der Waals surface area contributed by atoms with Crippen molar-refractivity contribution in [2.75, 3.05) is 6.54 Å². The van der Waals surface area contributed by atoms with E-state index in [1.54, 1.807) is 6.07 Å². The van der Waals surface area contributed by atoms with Gasteiger partial charge in [0.1, 0.15) is 11.9 Å². The van der Waals surface area contributed by atoms with Crippen molar-refractivity contribution in [3.8, 4) is 0 Å². The molecule has 0 saturated carbocycles. The number of hydrogen-bond donors (Lipinski definition) is 1. The highest BCUT2D eigenvalue weighted by molar-refractivity contribution is 9.10. The number of carboxylic acids is 1. The molecule has 1 unspecified atom stereocenters. The maximum absolute atomic E-state index is 13.6. The van der Waals surface area contributed by atoms with E-state index in [0.717, 1.165) is 24.9 Å². The van der Waals surface area contributed by atoms with Crippen molar-refractivity contribution in [1.82, 2.24) is 4.90 Å². The first-order valence-corrected chi connectivity index (χ1v) is 7.52. The molecule has 1 atom stereocenters. The molecule has 0 radical (unpaired) electrons. The van der Waals surface area contributed by atoms with Crippen LogP contribution in [0.15, 0.2) is 22.7 Å². The summed E-state index contributed by atoms with van der Waals surface area (Å²) in [4.78, 5) is 13.5. The molecule has 0 spiro atoms. The van der Waals surface area contributed by atoms with E-state index in [0.29, 0.717) is 11.0 Å². The number of hydrogen-bond acceptors (Lipinski definition) is 2. The van der Waals surface area contributed by atoms with Crippen LogP contribution in [0, 0.1) is 11.2 Å². The molecule has 1 saturated heterocycles. The van der Waals surface area contributed by atoms with E-state index < -0.39 is 12.0 Å². The van der Waals surface area contributed by atoms with Crippen LogP contribution in [0.2, 0.25) is 0 Å². The van der Waals surface area contributed by atoms with E-state index in [1.807, 2.05) is 24.8 Å². The monoisotopic (exact) mass is 343 g/mol. The molecule has 0 aromatic heterocycles. The summed E-state index contributed by atoms with van der Waals surface area (Å²) in [7, 11) is 0. The SMILES string of the molecule is CC1(C)CCCN(Cc2cccc(F)c2Br)C1C(=O)O. The molecule has 0 aliphatic carbocycles. The molecule has 20 heavy (non-hydrogen) atoms. The van der Waals surface area contributed by atoms with Crippen LogP contribution < -0.4 is 0 Å². The summed E-state index contributed by atoms with van der Waals surface area (Å²) in [6, 6.07) is 4.34. The van der Waals surface area contributed by atoms with Crippen LogP contribution in [0.3, 0.4) is 0 Å². The van der Waals surface area contributed by atoms with Crippen LogP contribution in [0.4, 0.5) is 4.39 Å². The Morgan fingerprint density at radius 2 is 2.25 bits per heavy atom. The van der Waals surface area contributed by atoms with E-state index in [9.17, 15) is 14.3 Å². The second-order valence-electron chi connectivity index (χ2n) is 6.02. The van der Waals surface area contributed by atoms with Crippen molar-refractivity contribution in [3.63, 3.8) is 0 Å². The van der Waals surface area contributed by atoms with Crippen molar-refractivity contribution in [3.05, 3.63) is 34.1 Å². The molecule has 5 heteroatoms. The third kappa shape index (κ3) is 3.04. The first-order valence-electron chi connectivity index (χ1n) is 6.72. The summed E-state index contributed by atoms with van der Waals surface area (Å²) < 4.78 is 14.0. The van der Waals surface area contributed by atoms with Gasteiger partial charge < -0.3 is 5.11 Å². The van der Waals surface area contributed by atoms with Gasteiger partial charge in [0.2, 0.25) is 0 Å². The molecule has 1 fully saturated rings. The van der Waals surface area contributed by atoms with Gasteiger partial charge in [-0.3, -0.25) is 9.69 Å². The van der Waals surface area contributed by atoms with Crippen LogP contribution in [0.1, 0.15) is 32.3 Å². The fourth-order valence-electron chi connectivity index (χ4n) is 3.05. The second kappa shape index (κ2) is 5.82. The molecular weight excluding hydrogens is 325 g/mol. The molecule has 0 amide bonds. The maximum atomic E-state index is 13.6. The predicted octanol–water partition coefficient (Wildman–Crippen LogP) is 3.66. The van der Waals surface area contributed by atoms with Gasteiger partial charge in [0.25, 0.3) is 0 Å². The first-order chi connectivity index (χ1) is 9.33. The number of benzene rings is 1. The molecule has 2 rings (SSSR count). The number of halogens is 2. The van der Waals surface area contributed by atoms with Gasteiger partial charge in [0.05, 0.1) is 4.47 Å². The molecule has 1 aliphatic rings. The highest BCUT2D eigenvalue weighted by Gasteiger charge is 2.42. The molecule has 1 aromatic carbocycles. The molecule has 3 nitrogen and oxygen atoms in total. The van der Waals surface area contributed by atoms with Crippen molar-refractivity contribution in [2.45, 2.75) is 39.3 Å². The largest absolute Gasteiger partial charge is 0.480 e. The quantitative estimate of drug-likeness (QED) is 0.910. The van der Waals surface area contributed by atoms with Crippen LogP contribution in [0.5, 0.6) is 0 Å².